The van der Waals surface area contributed by atoms with Gasteiger partial charge in [0.05, 0.1) is 0 Å². The Morgan fingerprint density at radius 3 is 3.07 bits per heavy atom. The maximum atomic E-state index is 11.8. The highest BCUT2D eigenvalue weighted by atomic mass is 16.5. The lowest BCUT2D eigenvalue weighted by molar-refractivity contribution is -0.127. The van der Waals surface area contributed by atoms with Gasteiger partial charge in [0.2, 0.25) is 0 Å². The number of carbonyl (C=O) groups is 1. The van der Waals surface area contributed by atoms with E-state index in [2.05, 4.69) is 6.07 Å². The summed E-state index contributed by atoms with van der Waals surface area (Å²) < 4.78 is 5.37. The smallest absolute Gasteiger partial charge is 0.165 e. The van der Waals surface area contributed by atoms with Crippen LogP contribution in [-0.4, -0.2) is 18.5 Å². The predicted octanol–water partition coefficient (Wildman–Crippen LogP) is 2.29. The van der Waals surface area contributed by atoms with E-state index < -0.39 is 0 Å². The molecule has 1 unspecified atom stereocenters. The van der Waals surface area contributed by atoms with E-state index >= 15 is 0 Å². The standard InChI is InChI=1S/C13H16O2/c1-10-4-2-5-11(8-10)9-12(14)13-6-3-7-15-13/h2,4-5,8,13H,3,6-7,9H2,1H3. The van der Waals surface area contributed by atoms with Gasteiger partial charge in [-0.05, 0) is 25.3 Å². The van der Waals surface area contributed by atoms with E-state index in [1.165, 1.54) is 5.56 Å². The minimum Gasteiger partial charge on any atom is -0.370 e. The van der Waals surface area contributed by atoms with E-state index in [1.54, 1.807) is 0 Å². The minimum absolute atomic E-state index is 0.148. The Bertz CT molecular complexity index is 351. The van der Waals surface area contributed by atoms with Crippen LogP contribution in [0.4, 0.5) is 0 Å². The summed E-state index contributed by atoms with van der Waals surface area (Å²) in [7, 11) is 0. The lowest BCUT2D eigenvalue weighted by atomic mass is 10.0. The van der Waals surface area contributed by atoms with Crippen molar-refractivity contribution in [2.45, 2.75) is 32.3 Å². The number of ether oxygens (including phenoxy) is 1. The summed E-state index contributed by atoms with van der Waals surface area (Å²) in [5, 5.41) is 0. The molecule has 1 aliphatic rings. The van der Waals surface area contributed by atoms with Crippen LogP contribution in [0.2, 0.25) is 0 Å². The van der Waals surface area contributed by atoms with Gasteiger partial charge in [-0.3, -0.25) is 4.79 Å². The highest BCUT2D eigenvalue weighted by Crippen LogP contribution is 2.15. The normalized spacial score (nSPS) is 20.5. The Morgan fingerprint density at radius 1 is 1.53 bits per heavy atom. The maximum absolute atomic E-state index is 11.8. The van der Waals surface area contributed by atoms with Crippen LogP contribution in [0.15, 0.2) is 24.3 Å². The summed E-state index contributed by atoms with van der Waals surface area (Å²) in [5.74, 6) is 0.220. The van der Waals surface area contributed by atoms with Crippen LogP contribution in [-0.2, 0) is 16.0 Å². The second-order valence-electron chi connectivity index (χ2n) is 4.13. The zero-order chi connectivity index (χ0) is 10.7. The molecule has 80 valence electrons. The second kappa shape index (κ2) is 4.58. The molecule has 0 saturated carbocycles. The zero-order valence-electron chi connectivity index (χ0n) is 9.03. The van der Waals surface area contributed by atoms with Gasteiger partial charge in [-0.15, -0.1) is 0 Å². The zero-order valence-corrected chi connectivity index (χ0v) is 9.03. The summed E-state index contributed by atoms with van der Waals surface area (Å²) in [4.78, 5) is 11.8. The van der Waals surface area contributed by atoms with E-state index in [0.717, 1.165) is 25.0 Å². The van der Waals surface area contributed by atoms with Gasteiger partial charge < -0.3 is 4.74 Å². The monoisotopic (exact) mass is 204 g/mol. The molecule has 0 amide bonds. The van der Waals surface area contributed by atoms with Gasteiger partial charge in [0.25, 0.3) is 0 Å². The molecule has 2 nitrogen and oxygen atoms in total. The molecule has 1 heterocycles. The fourth-order valence-electron chi connectivity index (χ4n) is 1.97. The summed E-state index contributed by atoms with van der Waals surface area (Å²) in [6.45, 7) is 2.78. The third kappa shape index (κ3) is 2.66. The Labute approximate surface area is 90.3 Å². The molecule has 1 saturated heterocycles. The molecule has 0 bridgehead atoms. The fourth-order valence-corrected chi connectivity index (χ4v) is 1.97. The second-order valence-corrected chi connectivity index (χ2v) is 4.13. The van der Waals surface area contributed by atoms with Gasteiger partial charge >= 0.3 is 0 Å². The molecule has 2 heteroatoms. The van der Waals surface area contributed by atoms with Gasteiger partial charge in [0.1, 0.15) is 6.10 Å². The first-order valence-corrected chi connectivity index (χ1v) is 5.45. The van der Waals surface area contributed by atoms with Crippen LogP contribution < -0.4 is 0 Å². The minimum atomic E-state index is -0.148. The van der Waals surface area contributed by atoms with E-state index in [9.17, 15) is 4.79 Å². The molecule has 15 heavy (non-hydrogen) atoms. The van der Waals surface area contributed by atoms with Crippen LogP contribution in [0.1, 0.15) is 24.0 Å². The summed E-state index contributed by atoms with van der Waals surface area (Å²) in [5.41, 5.74) is 2.29. The predicted molar refractivity (Wildman–Crippen MR) is 58.9 cm³/mol. The quantitative estimate of drug-likeness (QED) is 0.755. The first kappa shape index (κ1) is 10.4. The third-order valence-electron chi connectivity index (χ3n) is 2.75. The molecule has 1 fully saturated rings. The van der Waals surface area contributed by atoms with Crippen molar-refractivity contribution in [2.75, 3.05) is 6.61 Å². The summed E-state index contributed by atoms with van der Waals surface area (Å²) in [6, 6.07) is 8.10. The number of benzene rings is 1. The lowest BCUT2D eigenvalue weighted by Gasteiger charge is -2.08. The van der Waals surface area contributed by atoms with Crippen molar-refractivity contribution in [1.29, 1.82) is 0 Å². The van der Waals surface area contributed by atoms with E-state index in [1.807, 2.05) is 25.1 Å². The first-order valence-electron chi connectivity index (χ1n) is 5.45. The number of aryl methyl sites for hydroxylation is 1. The third-order valence-corrected chi connectivity index (χ3v) is 2.75. The average Bonchev–Trinajstić information content (AvgIpc) is 2.70. The fraction of sp³-hybridized carbons (Fsp3) is 0.462. The van der Waals surface area contributed by atoms with Gasteiger partial charge in [0.15, 0.2) is 5.78 Å². The van der Waals surface area contributed by atoms with Gasteiger partial charge in [-0.25, -0.2) is 0 Å². The van der Waals surface area contributed by atoms with Crippen molar-refractivity contribution in [1.82, 2.24) is 0 Å². The lowest BCUT2D eigenvalue weighted by Crippen LogP contribution is -2.21. The number of hydrogen-bond donors (Lipinski definition) is 0. The van der Waals surface area contributed by atoms with Crippen molar-refractivity contribution in [2.24, 2.45) is 0 Å². The Balaban J connectivity index is 1.99. The molecule has 0 radical (unpaired) electrons. The average molecular weight is 204 g/mol. The topological polar surface area (TPSA) is 26.3 Å². The first-order chi connectivity index (χ1) is 7.25. The Morgan fingerprint density at radius 2 is 2.40 bits per heavy atom. The molecule has 0 N–H and O–H groups in total. The van der Waals surface area contributed by atoms with Crippen molar-refractivity contribution in [3.63, 3.8) is 0 Å². The van der Waals surface area contributed by atoms with Crippen molar-refractivity contribution in [3.05, 3.63) is 35.4 Å². The maximum Gasteiger partial charge on any atom is 0.165 e. The van der Waals surface area contributed by atoms with Crippen LogP contribution in [0.25, 0.3) is 0 Å². The van der Waals surface area contributed by atoms with Gasteiger partial charge in [0, 0.05) is 13.0 Å². The number of Topliss-reactive ketones (excluding diaryl/α,β-unsaturated/α-hetero) is 1. The molecule has 0 aliphatic carbocycles. The number of carbonyl (C=O) groups excluding carboxylic acids is 1. The molecule has 1 aliphatic heterocycles. The number of ketones is 1. The van der Waals surface area contributed by atoms with E-state index in [4.69, 9.17) is 4.74 Å². The molecule has 1 aromatic rings. The summed E-state index contributed by atoms with van der Waals surface area (Å²) in [6.07, 6.45) is 2.27. The molecule has 1 atom stereocenters. The molecule has 0 spiro atoms. The molecule has 1 aromatic carbocycles. The molecule has 0 aromatic heterocycles. The highest BCUT2D eigenvalue weighted by molar-refractivity contribution is 5.85. The largest absolute Gasteiger partial charge is 0.370 e. The van der Waals surface area contributed by atoms with Gasteiger partial charge in [-0.1, -0.05) is 29.8 Å². The van der Waals surface area contributed by atoms with Crippen LogP contribution in [0.5, 0.6) is 0 Å². The van der Waals surface area contributed by atoms with Crippen LogP contribution >= 0.6 is 0 Å². The van der Waals surface area contributed by atoms with Crippen molar-refractivity contribution in [3.8, 4) is 0 Å². The summed E-state index contributed by atoms with van der Waals surface area (Å²) >= 11 is 0. The van der Waals surface area contributed by atoms with Crippen LogP contribution in [0, 0.1) is 6.92 Å². The highest BCUT2D eigenvalue weighted by Gasteiger charge is 2.23. The molecular weight excluding hydrogens is 188 g/mol. The van der Waals surface area contributed by atoms with Crippen molar-refractivity contribution >= 4 is 5.78 Å². The molecular formula is C13H16O2. The van der Waals surface area contributed by atoms with E-state index in [0.29, 0.717) is 6.42 Å². The van der Waals surface area contributed by atoms with Crippen molar-refractivity contribution < 1.29 is 9.53 Å². The van der Waals surface area contributed by atoms with Gasteiger partial charge in [-0.2, -0.15) is 0 Å². The van der Waals surface area contributed by atoms with E-state index in [-0.39, 0.29) is 11.9 Å². The SMILES string of the molecule is Cc1cccc(CC(=O)C2CCCO2)c1. The Kier molecular flexibility index (Phi) is 3.17. The Hall–Kier alpha value is -1.15. The number of hydrogen-bond acceptors (Lipinski definition) is 2. The molecule has 2 rings (SSSR count). The van der Waals surface area contributed by atoms with Crippen LogP contribution in [0.3, 0.4) is 0 Å². The number of rotatable bonds is 3.